The van der Waals surface area contributed by atoms with Gasteiger partial charge in [-0.15, -0.1) is 11.3 Å². The zero-order valence-corrected chi connectivity index (χ0v) is 62.5. The molecule has 0 spiro atoms. The van der Waals surface area contributed by atoms with E-state index >= 15 is 0 Å². The van der Waals surface area contributed by atoms with Gasteiger partial charge in [0.05, 0.1) is 60.4 Å². The van der Waals surface area contributed by atoms with Gasteiger partial charge in [-0.05, 0) is 109 Å². The van der Waals surface area contributed by atoms with Crippen molar-refractivity contribution in [3.8, 4) is 0 Å². The Kier molecular flexibility index (Phi) is 31.6. The fourth-order valence-corrected chi connectivity index (χ4v) is 14.4. The lowest BCUT2D eigenvalue weighted by Gasteiger charge is -2.41. The Hall–Kier alpha value is -9.27. The number of amides is 10. The van der Waals surface area contributed by atoms with Crippen LogP contribution >= 0.6 is 11.3 Å². The van der Waals surface area contributed by atoms with Crippen LogP contribution in [0.25, 0.3) is 0 Å². The third kappa shape index (κ3) is 22.9. The number of nitrogens with zero attached hydrogens (tertiary/aromatic N) is 5. The molecule has 1 fully saturated rings. The van der Waals surface area contributed by atoms with Gasteiger partial charge in [-0.1, -0.05) is 118 Å². The third-order valence-electron chi connectivity index (χ3n) is 19.5. The smallest absolute Gasteiger partial charge is 0.410 e. The molecule has 6 rings (SSSR count). The molecule has 1 saturated heterocycles. The first-order chi connectivity index (χ1) is 48.9. The van der Waals surface area contributed by atoms with E-state index in [2.05, 4.69) is 32.8 Å². The summed E-state index contributed by atoms with van der Waals surface area (Å²) in [6, 6.07) is 16.2. The number of benzene rings is 3. The Morgan fingerprint density at radius 1 is 0.777 bits per heavy atom. The number of likely N-dealkylation sites (tertiary alicyclic amines) is 1. The average Bonchev–Trinajstić information content (AvgIpc) is 1.80. The van der Waals surface area contributed by atoms with Crippen LogP contribution in [0.15, 0.2) is 109 Å². The Balaban J connectivity index is 1.07. The summed E-state index contributed by atoms with van der Waals surface area (Å²) in [7, 11) is 6.23. The molecule has 3 aromatic carbocycles. The highest BCUT2D eigenvalue weighted by Crippen LogP contribution is 2.33. The summed E-state index contributed by atoms with van der Waals surface area (Å²) in [5, 5.41) is 14.0. The number of thiazole rings is 1. The molecule has 0 radical (unpaired) electrons. The molecule has 26 heteroatoms. The largest absolute Gasteiger partial charge is 0.445 e. The van der Waals surface area contributed by atoms with E-state index in [0.717, 1.165) is 33.7 Å². The second-order valence-corrected chi connectivity index (χ2v) is 28.8. The molecule has 10 amide bonds. The van der Waals surface area contributed by atoms with Crippen LogP contribution in [-0.2, 0) is 76.8 Å². The first kappa shape index (κ1) is 82.7. The van der Waals surface area contributed by atoms with E-state index in [9.17, 15) is 57.5 Å². The highest BCUT2D eigenvalue weighted by molar-refractivity contribution is 7.09. The normalized spacial score (nSPS) is 16.6. The van der Waals surface area contributed by atoms with Crippen molar-refractivity contribution < 1.29 is 71.7 Å². The lowest BCUT2D eigenvalue weighted by atomic mass is 9.83. The zero-order valence-electron chi connectivity index (χ0n) is 61.6. The number of primary amides is 1. The van der Waals surface area contributed by atoms with Crippen molar-refractivity contribution in [1.29, 1.82) is 0 Å². The van der Waals surface area contributed by atoms with Gasteiger partial charge in [0.2, 0.25) is 23.6 Å². The van der Waals surface area contributed by atoms with Gasteiger partial charge >= 0.3 is 12.1 Å². The van der Waals surface area contributed by atoms with E-state index in [1.807, 2.05) is 70.3 Å². The molecule has 558 valence electrons. The zero-order chi connectivity index (χ0) is 75.9. The van der Waals surface area contributed by atoms with Gasteiger partial charge < -0.3 is 55.9 Å². The summed E-state index contributed by atoms with van der Waals surface area (Å²) in [6.07, 6.45) is 4.86. The molecule has 4 aromatic rings. The lowest BCUT2D eigenvalue weighted by Crippen LogP contribution is -2.54. The minimum absolute atomic E-state index is 0.0389. The van der Waals surface area contributed by atoms with Crippen molar-refractivity contribution in [1.82, 2.24) is 35.6 Å². The average molecular weight is 1440 g/mol. The fraction of sp³-hybridized carbons (Fsp3) is 0.519. The molecule has 1 aromatic heterocycles. The van der Waals surface area contributed by atoms with Crippen molar-refractivity contribution in [2.45, 2.75) is 176 Å². The molecule has 25 nitrogen and oxygen atoms in total. The molecule has 11 atom stereocenters. The van der Waals surface area contributed by atoms with E-state index in [4.69, 9.17) is 19.9 Å². The van der Waals surface area contributed by atoms with Crippen LogP contribution in [-0.4, -0.2) is 168 Å². The van der Waals surface area contributed by atoms with Gasteiger partial charge in [0.25, 0.3) is 17.7 Å². The number of imide groups is 1. The van der Waals surface area contributed by atoms with Gasteiger partial charge in [-0.25, -0.2) is 19.5 Å². The summed E-state index contributed by atoms with van der Waals surface area (Å²) < 4.78 is 18.0. The number of nitrogens with one attached hydrogen (secondary N) is 4. The number of hydrogen-bond donors (Lipinski definition) is 5. The van der Waals surface area contributed by atoms with Crippen LogP contribution in [0.5, 0.6) is 0 Å². The lowest BCUT2D eigenvalue weighted by molar-refractivity contribution is -0.149. The number of allylic oxidation sites excluding steroid dienone is 1. The minimum atomic E-state index is -1.13. The molecule has 103 heavy (non-hydrogen) atoms. The summed E-state index contributed by atoms with van der Waals surface area (Å²) in [4.78, 5) is 174. The number of rotatable bonds is 40. The van der Waals surface area contributed by atoms with Gasteiger partial charge in [0.1, 0.15) is 11.6 Å². The van der Waals surface area contributed by atoms with Crippen LogP contribution in [0.4, 0.5) is 21.0 Å². The molecule has 2 aliphatic heterocycles. The molecular weight excluding hydrogens is 1340 g/mol. The monoisotopic (exact) mass is 1440 g/mol. The number of nitrogens with two attached hydrogens (primary N) is 1. The van der Waals surface area contributed by atoms with Crippen LogP contribution in [0.1, 0.15) is 152 Å². The number of ether oxygens (including phenoxy) is 3. The quantitative estimate of drug-likeness (QED) is 0.0157. The summed E-state index contributed by atoms with van der Waals surface area (Å²) in [5.74, 6) is -8.34. The fourth-order valence-electron chi connectivity index (χ4n) is 13.7. The van der Waals surface area contributed by atoms with Crippen LogP contribution in [0.2, 0.25) is 0 Å². The molecule has 0 aliphatic carbocycles. The predicted molar refractivity (Wildman–Crippen MR) is 392 cm³/mol. The van der Waals surface area contributed by atoms with Crippen LogP contribution < -0.4 is 31.9 Å². The number of methoxy groups -OCH3 is 2. The van der Waals surface area contributed by atoms with Crippen molar-refractivity contribution >= 4 is 93.5 Å². The number of Topliss-reactive ketones (excluding diaryl/α,β-unsaturated/α-hetero) is 2. The summed E-state index contributed by atoms with van der Waals surface area (Å²) >= 11 is 1.47. The van der Waals surface area contributed by atoms with E-state index in [0.29, 0.717) is 49.0 Å². The Morgan fingerprint density at radius 3 is 2.04 bits per heavy atom. The molecular formula is C77H104N10O15S. The number of carbonyl (C=O) groups excluding carboxylic acids is 12. The second-order valence-electron chi connectivity index (χ2n) is 27.8. The van der Waals surface area contributed by atoms with Crippen molar-refractivity contribution in [3.05, 3.63) is 136 Å². The molecule has 2 aliphatic rings. The third-order valence-corrected chi connectivity index (χ3v) is 20.4. The standard InChI is InChI=1S/C77H104N10O15S/c1-15-48(9)69(63(100-13)43-66(93)86-34-21-25-60(86)70(101-14)49(10)71(94)82-59(74-79-33-35-103-74)39-50-22-18-17-19-23-50)84(11)75(97)58(45(3)4)42-62(90)68(47(7)8)85(12)77(99)102-44-51-26-28-55(29-27-51)81-72(95)53(24-20-32-80-76(78)98)41-61(89)67(46(5)6)83-73(96)54-36-52(38-57(88)16-2)37-56(40-54)87-64(91)30-31-65(87)92/h16-19,22-23,26-31,33,35-37,40,45-49,53,58-60,63,67-70H,2,15,20-21,24-25,32,34,38-39,41-44H2,1,3-14H3,(H,81,95)(H,82,94)(H,83,96)(H3,78,80,98)/t48-,49+,53+,58-,59-,60-,63+,67-,68-,69-,70+/m0/s1. The number of urea groups is 1. The molecule has 0 saturated carbocycles. The molecule has 6 N–H and O–H groups in total. The topological polar surface area (TPSA) is 333 Å². The van der Waals surface area contributed by atoms with Gasteiger partial charge in [0, 0.05) is 107 Å². The second kappa shape index (κ2) is 39.4. The Labute approximate surface area is 608 Å². The highest BCUT2D eigenvalue weighted by atomic mass is 32.1. The van der Waals surface area contributed by atoms with E-state index < -0.39 is 108 Å². The summed E-state index contributed by atoms with van der Waals surface area (Å²) in [5.41, 5.74) is 7.51. The minimum Gasteiger partial charge on any atom is -0.445 e. The number of ketones is 3. The van der Waals surface area contributed by atoms with Crippen LogP contribution in [0.3, 0.4) is 0 Å². The van der Waals surface area contributed by atoms with Crippen molar-refractivity contribution in [2.24, 2.45) is 47.2 Å². The molecule has 0 unspecified atom stereocenters. The number of hydrogen-bond acceptors (Lipinski definition) is 17. The van der Waals surface area contributed by atoms with Gasteiger partial charge in [-0.2, -0.15) is 0 Å². The van der Waals surface area contributed by atoms with Gasteiger partial charge in [-0.3, -0.25) is 47.9 Å². The number of likely N-dealkylation sites (N-methyl/N-ethyl adjacent to an activating group) is 2. The highest BCUT2D eigenvalue weighted by Gasteiger charge is 2.44. The van der Waals surface area contributed by atoms with E-state index in [1.165, 1.54) is 48.6 Å². The van der Waals surface area contributed by atoms with E-state index in [-0.39, 0.29) is 110 Å². The van der Waals surface area contributed by atoms with Crippen molar-refractivity contribution in [3.63, 3.8) is 0 Å². The Morgan fingerprint density at radius 2 is 1.46 bits per heavy atom. The maximum Gasteiger partial charge on any atom is 0.410 e. The van der Waals surface area contributed by atoms with Gasteiger partial charge in [0.15, 0.2) is 17.3 Å². The number of anilines is 2. The Bertz CT molecular complexity index is 3640. The number of carbonyl (C=O) groups is 12. The summed E-state index contributed by atoms with van der Waals surface area (Å²) in [6.45, 7) is 20.4. The predicted octanol–water partition coefficient (Wildman–Crippen LogP) is 9.13. The number of aromatic nitrogens is 1. The first-order valence-electron chi connectivity index (χ1n) is 35.3. The van der Waals surface area contributed by atoms with Crippen molar-refractivity contribution in [2.75, 3.05) is 51.6 Å². The van der Waals surface area contributed by atoms with E-state index in [1.54, 1.807) is 82.1 Å². The molecule has 3 heterocycles. The molecule has 0 bridgehead atoms. The maximum absolute atomic E-state index is 15.0. The maximum atomic E-state index is 15.0. The van der Waals surface area contributed by atoms with Crippen LogP contribution in [0, 0.1) is 41.4 Å². The SMILES string of the molecule is C=CC(=O)Cc1cc(C(=O)N[C@H](C(=O)C[C@@H](CCCNC(N)=O)C(=O)Nc2ccc(COC(=O)N(C)[C@H](C(=O)C[C@H](C(=O)N(C)[C@@H]([C@@H](C)CC)[C@@H](CC(=O)N3CCC[C@H]3[C@H](OC)[C@@H](C)C(=O)N[C@@H](Cc3ccccc3)c3nccs3)OC)C(C)C)C(C)C)cc2)C(C)C)cc(N2C(=O)C=CC2=O)c1. The first-order valence-corrected chi connectivity index (χ1v) is 36.2.